The fourth-order valence-corrected chi connectivity index (χ4v) is 6.80. The van der Waals surface area contributed by atoms with E-state index in [1.807, 2.05) is 67.6 Å². The number of ether oxygens (including phenoxy) is 3. The Morgan fingerprint density at radius 1 is 1.05 bits per heavy atom. The van der Waals surface area contributed by atoms with E-state index in [1.165, 1.54) is 18.3 Å². The number of hydrogen-bond acceptors (Lipinski definition) is 8. The van der Waals surface area contributed by atoms with Crippen molar-refractivity contribution >= 4 is 39.7 Å². The third kappa shape index (κ3) is 4.75. The van der Waals surface area contributed by atoms with Gasteiger partial charge in [0, 0.05) is 47.2 Å². The van der Waals surface area contributed by atoms with E-state index in [-0.39, 0.29) is 11.3 Å². The fourth-order valence-electron chi connectivity index (χ4n) is 5.76. The maximum Gasteiger partial charge on any atom is 0.271 e. The number of aromatic nitrogens is 1. The number of allylic oxidation sites excluding steroid dienone is 2. The average molecular weight is 570 g/mol. The lowest BCUT2D eigenvalue weighted by molar-refractivity contribution is -0.114. The van der Waals surface area contributed by atoms with Crippen LogP contribution in [0.5, 0.6) is 11.5 Å². The number of Topliss-reactive ketones (excluding diaryl/α,β-unsaturated/α-hetero) is 1. The topological polar surface area (TPSA) is 82.4 Å². The number of rotatable bonds is 6. The van der Waals surface area contributed by atoms with Crippen LogP contribution in [0.25, 0.3) is 16.8 Å². The van der Waals surface area contributed by atoms with Crippen molar-refractivity contribution < 1.29 is 19.0 Å². The quantitative estimate of drug-likeness (QED) is 0.351. The van der Waals surface area contributed by atoms with Crippen molar-refractivity contribution in [2.24, 2.45) is 4.99 Å². The van der Waals surface area contributed by atoms with E-state index in [4.69, 9.17) is 19.2 Å². The number of carbonyl (C=O) groups excluding carboxylic acids is 1. The van der Waals surface area contributed by atoms with Gasteiger partial charge < -0.3 is 19.1 Å². The number of benzene rings is 3. The van der Waals surface area contributed by atoms with Gasteiger partial charge in [-0.25, -0.2) is 4.99 Å². The summed E-state index contributed by atoms with van der Waals surface area (Å²) in [7, 11) is 3.24. The van der Waals surface area contributed by atoms with Crippen LogP contribution in [-0.2, 0) is 9.53 Å². The van der Waals surface area contributed by atoms with Crippen LogP contribution < -0.4 is 29.3 Å². The summed E-state index contributed by atoms with van der Waals surface area (Å²) in [6, 6.07) is 17.1. The molecule has 0 radical (unpaired) electrons. The minimum absolute atomic E-state index is 0.138. The number of hydrogen-bond donors (Lipinski definition) is 0. The Kier molecular flexibility index (Phi) is 7.23. The highest BCUT2D eigenvalue weighted by Crippen LogP contribution is 2.40. The Labute approximate surface area is 241 Å². The van der Waals surface area contributed by atoms with Gasteiger partial charge in [-0.15, -0.1) is 0 Å². The molecule has 1 atom stereocenters. The first-order valence-corrected chi connectivity index (χ1v) is 14.3. The molecule has 41 heavy (non-hydrogen) atoms. The molecule has 0 saturated carbocycles. The van der Waals surface area contributed by atoms with Crippen LogP contribution in [0.1, 0.15) is 31.0 Å². The summed E-state index contributed by atoms with van der Waals surface area (Å²) in [6.07, 6.45) is 1.84. The Morgan fingerprint density at radius 3 is 2.54 bits per heavy atom. The van der Waals surface area contributed by atoms with E-state index < -0.39 is 6.04 Å². The standard InChI is InChI=1S/C32H31N3O5S/c1-19-28(20(2)36)30(29-24-8-6-5-7-21(24)10-12-25(29)38-3)35-31(37)27(41-32(35)33-19)17-22-9-11-23(18-26(22)39-4)34-13-15-40-16-14-34/h5-12,17-18,30H,13-16H2,1-4H3/b27-17-/t30-/m0/s1. The average Bonchev–Trinajstić information content (AvgIpc) is 3.30. The third-order valence-corrected chi connectivity index (χ3v) is 8.69. The molecule has 1 aromatic heterocycles. The van der Waals surface area contributed by atoms with Crippen molar-refractivity contribution in [1.29, 1.82) is 0 Å². The van der Waals surface area contributed by atoms with Crippen molar-refractivity contribution in [3.8, 4) is 11.5 Å². The lowest BCUT2D eigenvalue weighted by Crippen LogP contribution is -2.39. The zero-order valence-electron chi connectivity index (χ0n) is 23.5. The summed E-state index contributed by atoms with van der Waals surface area (Å²) >= 11 is 1.30. The second kappa shape index (κ2) is 11.0. The molecule has 0 N–H and O–H groups in total. The predicted octanol–water partition coefficient (Wildman–Crippen LogP) is 3.83. The van der Waals surface area contributed by atoms with Crippen molar-refractivity contribution in [3.63, 3.8) is 0 Å². The second-order valence-electron chi connectivity index (χ2n) is 10.1. The maximum atomic E-state index is 14.2. The summed E-state index contributed by atoms with van der Waals surface area (Å²) in [4.78, 5) is 34.8. The number of nitrogens with zero attached hydrogens (tertiary/aromatic N) is 3. The van der Waals surface area contributed by atoms with E-state index in [2.05, 4.69) is 4.90 Å². The highest BCUT2D eigenvalue weighted by Gasteiger charge is 2.34. The first-order valence-electron chi connectivity index (χ1n) is 13.5. The van der Waals surface area contributed by atoms with E-state index in [0.29, 0.717) is 45.3 Å². The van der Waals surface area contributed by atoms with Crippen LogP contribution in [0.2, 0.25) is 0 Å². The van der Waals surface area contributed by atoms with Crippen LogP contribution >= 0.6 is 11.3 Å². The van der Waals surface area contributed by atoms with Gasteiger partial charge in [-0.05, 0) is 48.9 Å². The number of carbonyl (C=O) groups is 1. The molecular formula is C32H31N3O5S. The molecule has 3 heterocycles. The van der Waals surface area contributed by atoms with E-state index in [1.54, 1.807) is 18.8 Å². The van der Waals surface area contributed by atoms with Crippen LogP contribution in [0.3, 0.4) is 0 Å². The van der Waals surface area contributed by atoms with Crippen molar-refractivity contribution in [2.75, 3.05) is 45.4 Å². The minimum atomic E-state index is -0.683. The number of thiazole rings is 1. The van der Waals surface area contributed by atoms with Gasteiger partial charge in [-0.3, -0.25) is 14.2 Å². The summed E-state index contributed by atoms with van der Waals surface area (Å²) in [5, 5.41) is 1.91. The van der Waals surface area contributed by atoms with Crippen molar-refractivity contribution in [2.45, 2.75) is 19.9 Å². The number of ketones is 1. The van der Waals surface area contributed by atoms with E-state index in [9.17, 15) is 9.59 Å². The van der Waals surface area contributed by atoms with Crippen LogP contribution in [0.15, 0.2) is 75.7 Å². The molecule has 0 spiro atoms. The third-order valence-electron chi connectivity index (χ3n) is 7.70. The van der Waals surface area contributed by atoms with Crippen molar-refractivity contribution in [3.05, 3.63) is 96.7 Å². The number of morpholine rings is 1. The Hall–Kier alpha value is -4.21. The molecule has 0 unspecified atom stereocenters. The molecule has 210 valence electrons. The zero-order chi connectivity index (χ0) is 28.7. The molecule has 2 aliphatic rings. The molecule has 4 aromatic rings. The predicted molar refractivity (Wildman–Crippen MR) is 161 cm³/mol. The van der Waals surface area contributed by atoms with Crippen LogP contribution in [0.4, 0.5) is 5.69 Å². The number of methoxy groups -OCH3 is 2. The fraction of sp³-hybridized carbons (Fsp3) is 0.281. The lowest BCUT2D eigenvalue weighted by atomic mass is 9.89. The van der Waals surface area contributed by atoms with Crippen LogP contribution in [0, 0.1) is 0 Å². The van der Waals surface area contributed by atoms with E-state index in [0.717, 1.165) is 40.7 Å². The molecule has 0 bridgehead atoms. The molecule has 0 aliphatic carbocycles. The van der Waals surface area contributed by atoms with Gasteiger partial charge in [0.15, 0.2) is 10.6 Å². The zero-order valence-corrected chi connectivity index (χ0v) is 24.3. The van der Waals surface area contributed by atoms with Gasteiger partial charge in [0.05, 0.1) is 38.0 Å². The summed E-state index contributed by atoms with van der Waals surface area (Å²) < 4.78 is 19.2. The van der Waals surface area contributed by atoms with Gasteiger partial charge >= 0.3 is 0 Å². The highest BCUT2D eigenvalue weighted by atomic mass is 32.1. The molecule has 0 amide bonds. The van der Waals surface area contributed by atoms with Gasteiger partial charge in [0.25, 0.3) is 5.56 Å². The van der Waals surface area contributed by atoms with Gasteiger partial charge in [0.1, 0.15) is 11.5 Å². The van der Waals surface area contributed by atoms with Gasteiger partial charge in [-0.1, -0.05) is 41.7 Å². The molecule has 1 fully saturated rings. The van der Waals surface area contributed by atoms with Gasteiger partial charge in [-0.2, -0.15) is 0 Å². The van der Waals surface area contributed by atoms with Gasteiger partial charge in [0.2, 0.25) is 0 Å². The number of fused-ring (bicyclic) bond motifs is 2. The molecule has 9 heteroatoms. The Balaban J connectivity index is 1.55. The first-order chi connectivity index (χ1) is 19.9. The monoisotopic (exact) mass is 569 g/mol. The molecule has 3 aromatic carbocycles. The summed E-state index contributed by atoms with van der Waals surface area (Å²) in [5.74, 6) is 1.14. The molecule has 1 saturated heterocycles. The molecule has 2 aliphatic heterocycles. The van der Waals surface area contributed by atoms with Crippen molar-refractivity contribution in [1.82, 2.24) is 4.57 Å². The molecule has 6 rings (SSSR count). The maximum absolute atomic E-state index is 14.2. The normalized spacial score (nSPS) is 17.4. The molecular weight excluding hydrogens is 538 g/mol. The smallest absolute Gasteiger partial charge is 0.271 e. The summed E-state index contributed by atoms with van der Waals surface area (Å²) in [6.45, 7) is 6.36. The SMILES string of the molecule is COc1cc(N2CCOCC2)ccc1/C=c1\sc2n(c1=O)[C@H](c1c(OC)ccc3ccccc13)C(C(C)=O)=C(C)N=2. The Morgan fingerprint density at radius 2 is 1.80 bits per heavy atom. The second-order valence-corrected chi connectivity index (χ2v) is 11.1. The summed E-state index contributed by atoms with van der Waals surface area (Å²) in [5.41, 5.74) is 3.46. The number of anilines is 1. The lowest BCUT2D eigenvalue weighted by Gasteiger charge is -2.29. The largest absolute Gasteiger partial charge is 0.496 e. The molecule has 8 nitrogen and oxygen atoms in total. The van der Waals surface area contributed by atoms with Crippen LogP contribution in [-0.4, -0.2) is 50.9 Å². The Bertz CT molecular complexity index is 1880. The first kappa shape index (κ1) is 27.0. The highest BCUT2D eigenvalue weighted by molar-refractivity contribution is 7.07. The van der Waals surface area contributed by atoms with E-state index >= 15 is 0 Å². The minimum Gasteiger partial charge on any atom is -0.496 e.